The third kappa shape index (κ3) is 4.59. The van der Waals surface area contributed by atoms with Gasteiger partial charge in [0.15, 0.2) is 0 Å². The monoisotopic (exact) mass is 341 g/mol. The Kier molecular flexibility index (Phi) is 6.17. The molecule has 0 aromatic heterocycles. The van der Waals surface area contributed by atoms with Crippen LogP contribution >= 0.6 is 0 Å². The molecule has 0 spiro atoms. The Bertz CT molecular complexity index is 768. The SMILES string of the molecule is CCOC(=O)c1cccc(NC(=O)c2ccccc2OC(C)C)c1C. The standard InChI is InChI=1S/C20H23NO4/c1-5-24-20(23)15-10-8-11-17(14(15)4)21-19(22)16-9-6-7-12-18(16)25-13(2)3/h6-13H,5H2,1-4H3,(H,21,22). The van der Waals surface area contributed by atoms with E-state index >= 15 is 0 Å². The van der Waals surface area contributed by atoms with E-state index in [1.807, 2.05) is 19.9 Å². The molecule has 0 radical (unpaired) electrons. The lowest BCUT2D eigenvalue weighted by Gasteiger charge is -2.15. The summed E-state index contributed by atoms with van der Waals surface area (Å²) in [5.74, 6) is -0.172. The van der Waals surface area contributed by atoms with Crippen LogP contribution in [0.4, 0.5) is 5.69 Å². The zero-order chi connectivity index (χ0) is 18.4. The van der Waals surface area contributed by atoms with E-state index in [0.29, 0.717) is 34.7 Å². The van der Waals surface area contributed by atoms with Gasteiger partial charge in [0.05, 0.1) is 23.8 Å². The molecule has 1 amide bonds. The van der Waals surface area contributed by atoms with Crippen molar-refractivity contribution in [1.29, 1.82) is 0 Å². The Morgan fingerprint density at radius 1 is 1.04 bits per heavy atom. The number of esters is 1. The number of hydrogen-bond acceptors (Lipinski definition) is 4. The molecular weight excluding hydrogens is 318 g/mol. The van der Waals surface area contributed by atoms with Crippen LogP contribution in [0.1, 0.15) is 47.1 Å². The Morgan fingerprint density at radius 2 is 1.72 bits per heavy atom. The molecule has 0 bridgehead atoms. The Balaban J connectivity index is 2.27. The fourth-order valence-corrected chi connectivity index (χ4v) is 2.40. The first-order valence-corrected chi connectivity index (χ1v) is 8.27. The lowest BCUT2D eigenvalue weighted by molar-refractivity contribution is 0.0525. The van der Waals surface area contributed by atoms with E-state index < -0.39 is 5.97 Å². The van der Waals surface area contributed by atoms with E-state index in [4.69, 9.17) is 9.47 Å². The smallest absolute Gasteiger partial charge is 0.338 e. The minimum atomic E-state index is -0.403. The summed E-state index contributed by atoms with van der Waals surface area (Å²) in [6, 6.07) is 12.2. The molecule has 25 heavy (non-hydrogen) atoms. The molecule has 0 unspecified atom stereocenters. The Hall–Kier alpha value is -2.82. The lowest BCUT2D eigenvalue weighted by atomic mass is 10.1. The van der Waals surface area contributed by atoms with Gasteiger partial charge in [0, 0.05) is 5.69 Å². The summed E-state index contributed by atoms with van der Waals surface area (Å²) in [5, 5.41) is 2.85. The summed E-state index contributed by atoms with van der Waals surface area (Å²) in [7, 11) is 0. The quantitative estimate of drug-likeness (QED) is 0.799. The van der Waals surface area contributed by atoms with Crippen molar-refractivity contribution < 1.29 is 19.1 Å². The first-order chi connectivity index (χ1) is 11.9. The molecule has 5 heteroatoms. The number of amides is 1. The van der Waals surface area contributed by atoms with Crippen LogP contribution in [0, 0.1) is 6.92 Å². The van der Waals surface area contributed by atoms with Crippen LogP contribution in [0.15, 0.2) is 42.5 Å². The summed E-state index contributed by atoms with van der Waals surface area (Å²) >= 11 is 0. The number of para-hydroxylation sites is 1. The molecule has 2 aromatic rings. The Labute approximate surface area is 148 Å². The topological polar surface area (TPSA) is 64.6 Å². The second-order valence-corrected chi connectivity index (χ2v) is 5.82. The third-order valence-corrected chi connectivity index (χ3v) is 3.57. The highest BCUT2D eigenvalue weighted by molar-refractivity contribution is 6.07. The van der Waals surface area contributed by atoms with Crippen molar-refractivity contribution in [2.45, 2.75) is 33.8 Å². The molecule has 2 aromatic carbocycles. The number of nitrogens with one attached hydrogen (secondary N) is 1. The van der Waals surface area contributed by atoms with Gasteiger partial charge >= 0.3 is 5.97 Å². The van der Waals surface area contributed by atoms with Gasteiger partial charge in [-0.2, -0.15) is 0 Å². The number of carbonyl (C=O) groups excluding carboxylic acids is 2. The van der Waals surface area contributed by atoms with Gasteiger partial charge in [-0.25, -0.2) is 4.79 Å². The maximum atomic E-state index is 12.7. The van der Waals surface area contributed by atoms with Crippen molar-refractivity contribution in [3.63, 3.8) is 0 Å². The molecule has 132 valence electrons. The maximum absolute atomic E-state index is 12.7. The van der Waals surface area contributed by atoms with Crippen LogP contribution in [0.3, 0.4) is 0 Å². The van der Waals surface area contributed by atoms with Gasteiger partial charge < -0.3 is 14.8 Å². The minimum Gasteiger partial charge on any atom is -0.490 e. The first-order valence-electron chi connectivity index (χ1n) is 8.27. The number of ether oxygens (including phenoxy) is 2. The molecule has 0 fully saturated rings. The summed E-state index contributed by atoms with van der Waals surface area (Å²) in [4.78, 5) is 24.7. The Morgan fingerprint density at radius 3 is 2.40 bits per heavy atom. The molecular formula is C20H23NO4. The van der Waals surface area contributed by atoms with Crippen molar-refractivity contribution in [3.05, 3.63) is 59.2 Å². The van der Waals surface area contributed by atoms with Gasteiger partial charge in [0.1, 0.15) is 5.75 Å². The average Bonchev–Trinajstić information content (AvgIpc) is 2.56. The fourth-order valence-electron chi connectivity index (χ4n) is 2.40. The van der Waals surface area contributed by atoms with E-state index in [0.717, 1.165) is 0 Å². The van der Waals surface area contributed by atoms with E-state index in [1.54, 1.807) is 50.2 Å². The normalized spacial score (nSPS) is 10.4. The van der Waals surface area contributed by atoms with Crippen molar-refractivity contribution >= 4 is 17.6 Å². The highest BCUT2D eigenvalue weighted by Gasteiger charge is 2.17. The largest absolute Gasteiger partial charge is 0.490 e. The van der Waals surface area contributed by atoms with Gasteiger partial charge in [0.2, 0.25) is 0 Å². The number of rotatable bonds is 6. The van der Waals surface area contributed by atoms with Gasteiger partial charge in [-0.3, -0.25) is 4.79 Å². The van der Waals surface area contributed by atoms with Crippen LogP contribution < -0.4 is 10.1 Å². The van der Waals surface area contributed by atoms with Crippen LogP contribution in [0.2, 0.25) is 0 Å². The van der Waals surface area contributed by atoms with Crippen molar-refractivity contribution in [3.8, 4) is 5.75 Å². The van der Waals surface area contributed by atoms with E-state index in [9.17, 15) is 9.59 Å². The van der Waals surface area contributed by atoms with E-state index in [1.165, 1.54) is 0 Å². The van der Waals surface area contributed by atoms with Gasteiger partial charge in [-0.1, -0.05) is 18.2 Å². The number of benzene rings is 2. The van der Waals surface area contributed by atoms with Gasteiger partial charge in [-0.15, -0.1) is 0 Å². The molecule has 0 aliphatic rings. The zero-order valence-electron chi connectivity index (χ0n) is 15.0. The second kappa shape index (κ2) is 8.33. The fraction of sp³-hybridized carbons (Fsp3) is 0.300. The summed E-state index contributed by atoms with van der Waals surface area (Å²) in [6.07, 6.45) is -0.0390. The molecule has 0 saturated heterocycles. The van der Waals surface area contributed by atoms with Crippen LogP contribution in [0.5, 0.6) is 5.75 Å². The number of anilines is 1. The molecule has 0 aliphatic carbocycles. The van der Waals surface area contributed by atoms with Crippen LogP contribution in [-0.4, -0.2) is 24.6 Å². The zero-order valence-corrected chi connectivity index (χ0v) is 15.0. The molecule has 0 heterocycles. The number of hydrogen-bond donors (Lipinski definition) is 1. The second-order valence-electron chi connectivity index (χ2n) is 5.82. The van der Waals surface area contributed by atoms with Crippen LogP contribution in [0.25, 0.3) is 0 Å². The van der Waals surface area contributed by atoms with Crippen molar-refractivity contribution in [2.24, 2.45) is 0 Å². The predicted octanol–water partition coefficient (Wildman–Crippen LogP) is 4.21. The molecule has 0 atom stereocenters. The summed E-state index contributed by atoms with van der Waals surface area (Å²) < 4.78 is 10.7. The van der Waals surface area contributed by atoms with Gasteiger partial charge in [0.25, 0.3) is 5.91 Å². The first kappa shape index (κ1) is 18.5. The third-order valence-electron chi connectivity index (χ3n) is 3.57. The summed E-state index contributed by atoms with van der Waals surface area (Å²) in [5.41, 5.74) is 2.11. The maximum Gasteiger partial charge on any atom is 0.338 e. The predicted molar refractivity (Wildman–Crippen MR) is 97.3 cm³/mol. The lowest BCUT2D eigenvalue weighted by Crippen LogP contribution is -2.17. The number of carbonyl (C=O) groups is 2. The molecule has 1 N–H and O–H groups in total. The molecule has 5 nitrogen and oxygen atoms in total. The summed E-state index contributed by atoms with van der Waals surface area (Å²) in [6.45, 7) is 7.64. The minimum absolute atomic E-state index is 0.0390. The van der Waals surface area contributed by atoms with E-state index in [2.05, 4.69) is 5.32 Å². The van der Waals surface area contributed by atoms with Crippen LogP contribution in [-0.2, 0) is 4.74 Å². The molecule has 0 aliphatic heterocycles. The highest BCUT2D eigenvalue weighted by Crippen LogP contribution is 2.24. The molecule has 0 saturated carbocycles. The molecule has 2 rings (SSSR count). The van der Waals surface area contributed by atoms with Gasteiger partial charge in [-0.05, 0) is 57.5 Å². The van der Waals surface area contributed by atoms with Crippen molar-refractivity contribution in [2.75, 3.05) is 11.9 Å². The van der Waals surface area contributed by atoms with E-state index in [-0.39, 0.29) is 12.0 Å². The van der Waals surface area contributed by atoms with Crippen molar-refractivity contribution in [1.82, 2.24) is 0 Å². The highest BCUT2D eigenvalue weighted by atomic mass is 16.5. The average molecular weight is 341 g/mol.